The van der Waals surface area contributed by atoms with E-state index in [2.05, 4.69) is 15.9 Å². The highest BCUT2D eigenvalue weighted by molar-refractivity contribution is 5.94. The third-order valence-electron chi connectivity index (χ3n) is 6.04. The van der Waals surface area contributed by atoms with Crippen molar-refractivity contribution in [1.29, 1.82) is 0 Å². The zero-order valence-corrected chi connectivity index (χ0v) is 13.6. The zero-order chi connectivity index (χ0) is 15.0. The molecule has 1 spiro atoms. The molecule has 2 atom stereocenters. The Kier molecular flexibility index (Phi) is 3.99. The Balaban J connectivity index is 1.40. The lowest BCUT2D eigenvalue weighted by Crippen LogP contribution is -2.49. The Bertz CT molecular complexity index is 470. The molecule has 3 aliphatic heterocycles. The van der Waals surface area contributed by atoms with Crippen LogP contribution in [0.15, 0.2) is 11.6 Å². The maximum Gasteiger partial charge on any atom is 0.249 e. The van der Waals surface area contributed by atoms with Gasteiger partial charge in [-0.2, -0.15) is 0 Å². The zero-order valence-electron chi connectivity index (χ0n) is 13.6. The molecule has 0 radical (unpaired) electrons. The van der Waals surface area contributed by atoms with E-state index < -0.39 is 0 Å². The molecule has 4 heteroatoms. The van der Waals surface area contributed by atoms with Crippen LogP contribution in [0.3, 0.4) is 0 Å². The van der Waals surface area contributed by atoms with Crippen LogP contribution < -0.4 is 0 Å². The summed E-state index contributed by atoms with van der Waals surface area (Å²) in [7, 11) is 0. The van der Waals surface area contributed by atoms with Crippen LogP contribution in [0.4, 0.5) is 0 Å². The van der Waals surface area contributed by atoms with Crippen LogP contribution in [-0.2, 0) is 9.53 Å². The van der Waals surface area contributed by atoms with E-state index in [9.17, 15) is 4.79 Å². The second kappa shape index (κ2) is 5.97. The molecular weight excluding hydrogens is 276 g/mol. The number of hydrogen-bond acceptors (Lipinski definition) is 3. The first kappa shape index (κ1) is 14.7. The summed E-state index contributed by atoms with van der Waals surface area (Å²) in [5.74, 6) is 0.279. The molecule has 0 N–H and O–H groups in total. The van der Waals surface area contributed by atoms with Crippen molar-refractivity contribution in [2.24, 2.45) is 0 Å². The van der Waals surface area contributed by atoms with Crippen LogP contribution in [0.2, 0.25) is 0 Å². The minimum absolute atomic E-state index is 0.0552. The van der Waals surface area contributed by atoms with Crippen molar-refractivity contribution in [3.8, 4) is 0 Å². The first-order valence-corrected chi connectivity index (χ1v) is 9.12. The van der Waals surface area contributed by atoms with Gasteiger partial charge in [-0.05, 0) is 64.5 Å². The Hall–Kier alpha value is -0.870. The summed E-state index contributed by atoms with van der Waals surface area (Å²) in [5.41, 5.74) is 0.990. The standard InChI is InChI=1S/C18H28N2O2/c21-17(15-5-1-2-6-15)20-11-8-18(14-20)13-16(7-12-22-18)19-9-3-4-10-19/h5,16H,1-4,6-14H2/t16-,18+/m0/s1. The highest BCUT2D eigenvalue weighted by atomic mass is 16.5. The first-order chi connectivity index (χ1) is 10.8. The van der Waals surface area contributed by atoms with E-state index in [-0.39, 0.29) is 11.5 Å². The summed E-state index contributed by atoms with van der Waals surface area (Å²) in [6.07, 6.45) is 11.3. The average Bonchev–Trinajstić information content (AvgIpc) is 3.29. The molecule has 3 heterocycles. The van der Waals surface area contributed by atoms with E-state index in [0.29, 0.717) is 6.04 Å². The van der Waals surface area contributed by atoms with E-state index in [1.54, 1.807) is 0 Å². The van der Waals surface area contributed by atoms with Crippen molar-refractivity contribution < 1.29 is 9.53 Å². The van der Waals surface area contributed by atoms with Crippen molar-refractivity contribution in [3.63, 3.8) is 0 Å². The van der Waals surface area contributed by atoms with Gasteiger partial charge >= 0.3 is 0 Å². The van der Waals surface area contributed by atoms with Gasteiger partial charge in [0, 0.05) is 24.8 Å². The van der Waals surface area contributed by atoms with Crippen molar-refractivity contribution in [1.82, 2.24) is 9.80 Å². The molecule has 1 amide bonds. The van der Waals surface area contributed by atoms with Crippen molar-refractivity contribution in [3.05, 3.63) is 11.6 Å². The fraction of sp³-hybridized carbons (Fsp3) is 0.833. The van der Waals surface area contributed by atoms with Crippen LogP contribution in [-0.4, -0.2) is 60.1 Å². The lowest BCUT2D eigenvalue weighted by molar-refractivity contribution is -0.130. The van der Waals surface area contributed by atoms with Crippen molar-refractivity contribution >= 4 is 5.91 Å². The maximum atomic E-state index is 12.6. The van der Waals surface area contributed by atoms with Crippen molar-refractivity contribution in [2.45, 2.75) is 63.0 Å². The van der Waals surface area contributed by atoms with Gasteiger partial charge in [-0.3, -0.25) is 4.79 Å². The molecule has 4 aliphatic rings. The summed E-state index contributed by atoms with van der Waals surface area (Å²) in [4.78, 5) is 17.3. The molecule has 0 bridgehead atoms. The molecule has 0 unspecified atom stereocenters. The monoisotopic (exact) mass is 304 g/mol. The second-order valence-electron chi connectivity index (χ2n) is 7.52. The Labute approximate surface area is 133 Å². The highest BCUT2D eigenvalue weighted by Gasteiger charge is 2.46. The summed E-state index contributed by atoms with van der Waals surface area (Å²) >= 11 is 0. The number of rotatable bonds is 2. The van der Waals surface area contributed by atoms with E-state index in [0.717, 1.165) is 57.4 Å². The summed E-state index contributed by atoms with van der Waals surface area (Å²) < 4.78 is 6.22. The third-order valence-corrected chi connectivity index (χ3v) is 6.04. The van der Waals surface area contributed by atoms with E-state index in [4.69, 9.17) is 4.74 Å². The predicted octanol–water partition coefficient (Wildman–Crippen LogP) is 2.34. The van der Waals surface area contributed by atoms with Crippen molar-refractivity contribution in [2.75, 3.05) is 32.8 Å². The van der Waals surface area contributed by atoms with Gasteiger partial charge in [0.1, 0.15) is 0 Å². The molecule has 0 aromatic rings. The van der Waals surface area contributed by atoms with Gasteiger partial charge in [0.25, 0.3) is 0 Å². The number of allylic oxidation sites excluding steroid dienone is 1. The number of amides is 1. The quantitative estimate of drug-likeness (QED) is 0.785. The Morgan fingerprint density at radius 3 is 2.86 bits per heavy atom. The summed E-state index contributed by atoms with van der Waals surface area (Å²) in [6.45, 7) is 5.08. The maximum absolute atomic E-state index is 12.6. The van der Waals surface area contributed by atoms with Crippen LogP contribution in [0.25, 0.3) is 0 Å². The third kappa shape index (κ3) is 2.71. The topological polar surface area (TPSA) is 32.8 Å². The Morgan fingerprint density at radius 2 is 2.09 bits per heavy atom. The normalized spacial score (nSPS) is 36.3. The predicted molar refractivity (Wildman–Crippen MR) is 85.6 cm³/mol. The summed E-state index contributed by atoms with van der Waals surface area (Å²) in [6, 6.07) is 0.678. The second-order valence-corrected chi connectivity index (χ2v) is 7.52. The van der Waals surface area contributed by atoms with Crippen LogP contribution >= 0.6 is 0 Å². The first-order valence-electron chi connectivity index (χ1n) is 9.12. The molecule has 122 valence electrons. The van der Waals surface area contributed by atoms with Gasteiger partial charge in [-0.25, -0.2) is 0 Å². The lowest BCUT2D eigenvalue weighted by Gasteiger charge is -2.41. The lowest BCUT2D eigenvalue weighted by atomic mass is 9.89. The molecule has 4 rings (SSSR count). The van der Waals surface area contributed by atoms with Gasteiger partial charge in [0.15, 0.2) is 0 Å². The van der Waals surface area contributed by atoms with E-state index in [1.807, 2.05) is 0 Å². The number of carbonyl (C=O) groups excluding carboxylic acids is 1. The summed E-state index contributed by atoms with van der Waals surface area (Å²) in [5, 5.41) is 0. The van der Waals surface area contributed by atoms with Gasteiger partial charge in [-0.15, -0.1) is 0 Å². The molecule has 1 aliphatic carbocycles. The number of ether oxygens (including phenoxy) is 1. The highest BCUT2D eigenvalue weighted by Crippen LogP contribution is 2.37. The molecule has 0 aromatic heterocycles. The SMILES string of the molecule is O=C(C1=CCCC1)N1CC[C@@]2(C[C@@H](N3CCCC3)CCO2)C1. The number of nitrogens with zero attached hydrogens (tertiary/aromatic N) is 2. The fourth-order valence-electron chi connectivity index (χ4n) is 4.79. The largest absolute Gasteiger partial charge is 0.373 e. The van der Waals surface area contributed by atoms with Crippen LogP contribution in [0.5, 0.6) is 0 Å². The smallest absolute Gasteiger partial charge is 0.249 e. The van der Waals surface area contributed by atoms with E-state index >= 15 is 0 Å². The fourth-order valence-corrected chi connectivity index (χ4v) is 4.79. The molecule has 22 heavy (non-hydrogen) atoms. The van der Waals surface area contributed by atoms with Gasteiger partial charge in [0.2, 0.25) is 5.91 Å². The molecule has 0 saturated carbocycles. The van der Waals surface area contributed by atoms with Gasteiger partial charge < -0.3 is 14.5 Å². The average molecular weight is 304 g/mol. The molecule has 3 fully saturated rings. The molecule has 4 nitrogen and oxygen atoms in total. The van der Waals surface area contributed by atoms with E-state index in [1.165, 1.54) is 32.4 Å². The number of carbonyl (C=O) groups is 1. The Morgan fingerprint density at radius 1 is 1.23 bits per heavy atom. The van der Waals surface area contributed by atoms with Crippen LogP contribution in [0.1, 0.15) is 51.4 Å². The van der Waals surface area contributed by atoms with Gasteiger partial charge in [-0.1, -0.05) is 6.08 Å². The molecule has 3 saturated heterocycles. The van der Waals surface area contributed by atoms with Crippen LogP contribution in [0, 0.1) is 0 Å². The number of likely N-dealkylation sites (tertiary alicyclic amines) is 2. The minimum atomic E-state index is -0.0552. The number of hydrogen-bond donors (Lipinski definition) is 0. The molecule has 0 aromatic carbocycles. The molecular formula is C18H28N2O2. The minimum Gasteiger partial charge on any atom is -0.373 e. The van der Waals surface area contributed by atoms with Gasteiger partial charge in [0.05, 0.1) is 12.1 Å².